The largest absolute Gasteiger partial charge is 0.461 e. The van der Waals surface area contributed by atoms with Gasteiger partial charge in [0, 0.05) is 20.1 Å². The van der Waals surface area contributed by atoms with Crippen LogP contribution in [0, 0.1) is 0 Å². The summed E-state index contributed by atoms with van der Waals surface area (Å²) < 4.78 is 5.53. The quantitative estimate of drug-likeness (QED) is 0.554. The number of hydrogen-bond donors (Lipinski definition) is 2. The third-order valence-corrected chi connectivity index (χ3v) is 3.37. The van der Waals surface area contributed by atoms with Gasteiger partial charge >= 0.3 is 6.01 Å². The summed E-state index contributed by atoms with van der Waals surface area (Å²) in [7, 11) is 1.96. The monoisotopic (exact) mass is 295 g/mol. The SMILES string of the molecule is CC(C)Oc1nc(NN)nc(N(C)CCN2CCCC2)n1. The number of ether oxygens (including phenoxy) is 1. The molecule has 0 spiro atoms. The van der Waals surface area contributed by atoms with Crippen LogP contribution in [0.25, 0.3) is 0 Å². The highest BCUT2D eigenvalue weighted by Crippen LogP contribution is 2.15. The van der Waals surface area contributed by atoms with Crippen LogP contribution in [0.2, 0.25) is 0 Å². The minimum Gasteiger partial charge on any atom is -0.461 e. The Kier molecular flexibility index (Phi) is 5.51. The Hall–Kier alpha value is -1.67. The zero-order valence-corrected chi connectivity index (χ0v) is 13.0. The van der Waals surface area contributed by atoms with Gasteiger partial charge in [-0.2, -0.15) is 15.0 Å². The number of nitrogens with zero attached hydrogens (tertiary/aromatic N) is 5. The standard InChI is InChI=1S/C13H25N7O/c1-10(2)21-13-16-11(18-14)15-12(17-13)19(3)8-9-20-6-4-5-7-20/h10H,4-9,14H2,1-3H3,(H,15,16,17,18). The van der Waals surface area contributed by atoms with Crippen LogP contribution in [0.3, 0.4) is 0 Å². The van der Waals surface area contributed by atoms with Crippen molar-refractivity contribution in [2.75, 3.05) is 43.6 Å². The van der Waals surface area contributed by atoms with Crippen molar-refractivity contribution in [3.63, 3.8) is 0 Å². The van der Waals surface area contributed by atoms with Crippen LogP contribution in [0.15, 0.2) is 0 Å². The summed E-state index contributed by atoms with van der Waals surface area (Å²) in [6, 6.07) is 0.288. The molecule has 1 aromatic rings. The van der Waals surface area contributed by atoms with Gasteiger partial charge in [0.1, 0.15) is 0 Å². The molecule has 0 amide bonds. The summed E-state index contributed by atoms with van der Waals surface area (Å²) in [6.07, 6.45) is 2.59. The highest BCUT2D eigenvalue weighted by atomic mass is 16.5. The molecule has 2 heterocycles. The van der Waals surface area contributed by atoms with E-state index in [1.165, 1.54) is 25.9 Å². The number of likely N-dealkylation sites (N-methyl/N-ethyl adjacent to an activating group) is 1. The lowest BCUT2D eigenvalue weighted by atomic mass is 10.4. The second-order valence-electron chi connectivity index (χ2n) is 5.52. The lowest BCUT2D eigenvalue weighted by Crippen LogP contribution is -2.32. The Morgan fingerprint density at radius 3 is 2.62 bits per heavy atom. The first-order valence-corrected chi connectivity index (χ1v) is 7.41. The van der Waals surface area contributed by atoms with Crippen LogP contribution in [-0.2, 0) is 0 Å². The van der Waals surface area contributed by atoms with Crippen molar-refractivity contribution in [2.45, 2.75) is 32.8 Å². The van der Waals surface area contributed by atoms with Crippen molar-refractivity contribution < 1.29 is 4.74 Å². The van der Waals surface area contributed by atoms with E-state index in [1.54, 1.807) is 0 Å². The molecule has 21 heavy (non-hydrogen) atoms. The molecule has 1 saturated heterocycles. The van der Waals surface area contributed by atoms with Gasteiger partial charge in [0.2, 0.25) is 11.9 Å². The first kappa shape index (κ1) is 15.7. The van der Waals surface area contributed by atoms with Crippen molar-refractivity contribution >= 4 is 11.9 Å². The molecule has 0 atom stereocenters. The van der Waals surface area contributed by atoms with Crippen molar-refractivity contribution in [3.8, 4) is 6.01 Å². The van der Waals surface area contributed by atoms with Crippen molar-refractivity contribution in [1.29, 1.82) is 0 Å². The number of hydrogen-bond acceptors (Lipinski definition) is 8. The summed E-state index contributed by atoms with van der Waals surface area (Å²) in [5, 5.41) is 0. The minimum absolute atomic E-state index is 0.000723. The van der Waals surface area contributed by atoms with Gasteiger partial charge in [-0.15, -0.1) is 0 Å². The van der Waals surface area contributed by atoms with Crippen LogP contribution in [0.1, 0.15) is 26.7 Å². The Labute approximate surface area is 125 Å². The van der Waals surface area contributed by atoms with Gasteiger partial charge in [-0.3, -0.25) is 5.43 Å². The van der Waals surface area contributed by atoms with Gasteiger partial charge in [-0.1, -0.05) is 0 Å². The zero-order valence-electron chi connectivity index (χ0n) is 13.0. The molecule has 3 N–H and O–H groups in total. The number of nitrogen functional groups attached to an aromatic ring is 1. The van der Waals surface area contributed by atoms with Crippen molar-refractivity contribution in [3.05, 3.63) is 0 Å². The highest BCUT2D eigenvalue weighted by molar-refractivity contribution is 5.36. The second-order valence-corrected chi connectivity index (χ2v) is 5.52. The topological polar surface area (TPSA) is 92.4 Å². The smallest absolute Gasteiger partial charge is 0.323 e. The summed E-state index contributed by atoms with van der Waals surface area (Å²) in [4.78, 5) is 17.1. The van der Waals surface area contributed by atoms with Crippen LogP contribution in [-0.4, -0.2) is 59.2 Å². The molecule has 8 nitrogen and oxygen atoms in total. The van der Waals surface area contributed by atoms with Crippen LogP contribution < -0.4 is 20.9 Å². The van der Waals surface area contributed by atoms with E-state index in [9.17, 15) is 0 Å². The fraction of sp³-hybridized carbons (Fsp3) is 0.769. The molecule has 0 bridgehead atoms. The van der Waals surface area contributed by atoms with Gasteiger partial charge in [-0.05, 0) is 39.8 Å². The van der Waals surface area contributed by atoms with E-state index in [1.807, 2.05) is 25.8 Å². The average molecular weight is 295 g/mol. The van der Waals surface area contributed by atoms with E-state index in [0.29, 0.717) is 11.9 Å². The molecule has 1 aliphatic heterocycles. The van der Waals surface area contributed by atoms with Gasteiger partial charge in [0.05, 0.1) is 6.10 Å². The number of rotatable bonds is 7. The fourth-order valence-electron chi connectivity index (χ4n) is 2.24. The van der Waals surface area contributed by atoms with E-state index in [-0.39, 0.29) is 12.1 Å². The molecule has 8 heteroatoms. The molecule has 1 aliphatic rings. The predicted molar refractivity (Wildman–Crippen MR) is 82.3 cm³/mol. The number of nitrogens with one attached hydrogen (secondary N) is 1. The molecular weight excluding hydrogens is 270 g/mol. The zero-order chi connectivity index (χ0) is 15.2. The van der Waals surface area contributed by atoms with Gasteiger partial charge in [0.15, 0.2) is 0 Å². The average Bonchev–Trinajstić information content (AvgIpc) is 2.96. The lowest BCUT2D eigenvalue weighted by Gasteiger charge is -2.22. The highest BCUT2D eigenvalue weighted by Gasteiger charge is 2.15. The maximum atomic E-state index is 5.53. The fourth-order valence-corrected chi connectivity index (χ4v) is 2.24. The van der Waals surface area contributed by atoms with Gasteiger partial charge < -0.3 is 14.5 Å². The van der Waals surface area contributed by atoms with Crippen LogP contribution in [0.5, 0.6) is 6.01 Å². The van der Waals surface area contributed by atoms with E-state index < -0.39 is 0 Å². The van der Waals surface area contributed by atoms with Crippen molar-refractivity contribution in [1.82, 2.24) is 19.9 Å². The first-order chi connectivity index (χ1) is 10.1. The van der Waals surface area contributed by atoms with Crippen LogP contribution in [0.4, 0.5) is 11.9 Å². The van der Waals surface area contributed by atoms with E-state index >= 15 is 0 Å². The molecule has 2 rings (SSSR count). The molecule has 0 aromatic carbocycles. The molecule has 0 aliphatic carbocycles. The van der Waals surface area contributed by atoms with Gasteiger partial charge in [-0.25, -0.2) is 5.84 Å². The summed E-state index contributed by atoms with van der Waals surface area (Å²) in [5.41, 5.74) is 2.45. The maximum absolute atomic E-state index is 5.53. The van der Waals surface area contributed by atoms with E-state index in [2.05, 4.69) is 25.3 Å². The molecule has 0 saturated carbocycles. The minimum atomic E-state index is 0.000723. The molecule has 1 aromatic heterocycles. The van der Waals surface area contributed by atoms with Crippen molar-refractivity contribution in [2.24, 2.45) is 5.84 Å². The molecular formula is C13H25N7O. The third-order valence-electron chi connectivity index (χ3n) is 3.37. The molecule has 0 unspecified atom stereocenters. The number of aromatic nitrogens is 3. The second kappa shape index (κ2) is 7.37. The van der Waals surface area contributed by atoms with Gasteiger partial charge in [0.25, 0.3) is 0 Å². The number of nitrogens with two attached hydrogens (primary N) is 1. The summed E-state index contributed by atoms with van der Waals surface area (Å²) in [5.74, 6) is 6.28. The summed E-state index contributed by atoms with van der Waals surface area (Å²) in [6.45, 7) is 8.08. The molecule has 118 valence electrons. The third kappa shape index (κ3) is 4.68. The number of likely N-dealkylation sites (tertiary alicyclic amines) is 1. The summed E-state index contributed by atoms with van der Waals surface area (Å²) >= 11 is 0. The Morgan fingerprint density at radius 2 is 2.00 bits per heavy atom. The molecule has 0 radical (unpaired) electrons. The van der Waals surface area contributed by atoms with E-state index in [4.69, 9.17) is 10.6 Å². The first-order valence-electron chi connectivity index (χ1n) is 7.41. The van der Waals surface area contributed by atoms with Crippen LogP contribution >= 0.6 is 0 Å². The Balaban J connectivity index is 2.01. The normalized spacial score (nSPS) is 15.5. The molecule has 1 fully saturated rings. The lowest BCUT2D eigenvalue weighted by molar-refractivity contribution is 0.222. The Bertz CT molecular complexity index is 448. The maximum Gasteiger partial charge on any atom is 0.323 e. The number of hydrazine groups is 1. The van der Waals surface area contributed by atoms with E-state index in [0.717, 1.165) is 13.1 Å². The Morgan fingerprint density at radius 1 is 1.29 bits per heavy atom. The predicted octanol–water partition coefficient (Wildman–Crippen LogP) is 0.476. The number of anilines is 2.